The predicted molar refractivity (Wildman–Crippen MR) is 37.6 cm³/mol. The van der Waals surface area contributed by atoms with E-state index in [1.165, 1.54) is 12.8 Å². The second-order valence-electron chi connectivity index (χ2n) is 2.93. The number of carboxylic acid groups (broad SMARTS) is 1. The van der Waals surface area contributed by atoms with E-state index in [1.54, 1.807) is 0 Å². The molecule has 0 aromatic heterocycles. The summed E-state index contributed by atoms with van der Waals surface area (Å²) in [5.41, 5.74) is 5.66. The van der Waals surface area contributed by atoms with Gasteiger partial charge in [-0.05, 0) is 25.2 Å². The summed E-state index contributed by atoms with van der Waals surface area (Å²) in [4.78, 5) is 10.1. The number of hydrogen-bond donors (Lipinski definition) is 2. The van der Waals surface area contributed by atoms with Crippen molar-refractivity contribution in [3.63, 3.8) is 0 Å². The molecular formula is C7H13NO2. The van der Waals surface area contributed by atoms with E-state index in [-0.39, 0.29) is 12.5 Å². The molecule has 10 heavy (non-hydrogen) atoms. The largest absolute Gasteiger partial charge is 0.481 e. The van der Waals surface area contributed by atoms with Crippen molar-refractivity contribution in [3.8, 4) is 0 Å². The Morgan fingerprint density at radius 1 is 1.70 bits per heavy atom. The highest BCUT2D eigenvalue weighted by Gasteiger charge is 2.28. The van der Waals surface area contributed by atoms with Crippen molar-refractivity contribution in [3.05, 3.63) is 0 Å². The summed E-state index contributed by atoms with van der Waals surface area (Å²) in [6.45, 7) is 0. The Morgan fingerprint density at radius 3 is 2.70 bits per heavy atom. The summed E-state index contributed by atoms with van der Waals surface area (Å²) < 4.78 is 0. The Morgan fingerprint density at radius 2 is 2.30 bits per heavy atom. The Hall–Kier alpha value is -0.570. The zero-order valence-corrected chi connectivity index (χ0v) is 5.92. The van der Waals surface area contributed by atoms with Crippen molar-refractivity contribution >= 4 is 5.97 Å². The number of carbonyl (C=O) groups is 1. The lowest BCUT2D eigenvalue weighted by molar-refractivity contribution is -0.137. The standard InChI is InChI=1S/C7H13NO2/c8-6(5-1-2-5)3-4-7(9)10/h5-6H,1-4,8H2,(H,9,10)/t6-/m0/s1. The van der Waals surface area contributed by atoms with Crippen molar-refractivity contribution in [2.45, 2.75) is 31.7 Å². The van der Waals surface area contributed by atoms with Gasteiger partial charge < -0.3 is 10.8 Å². The van der Waals surface area contributed by atoms with Gasteiger partial charge in [-0.2, -0.15) is 0 Å². The van der Waals surface area contributed by atoms with Gasteiger partial charge in [-0.3, -0.25) is 4.79 Å². The monoisotopic (exact) mass is 143 g/mol. The van der Waals surface area contributed by atoms with E-state index in [9.17, 15) is 4.79 Å². The number of nitrogens with two attached hydrogens (primary N) is 1. The molecular weight excluding hydrogens is 130 g/mol. The van der Waals surface area contributed by atoms with Gasteiger partial charge in [0.15, 0.2) is 0 Å². The fourth-order valence-electron chi connectivity index (χ4n) is 1.05. The molecule has 0 aromatic carbocycles. The van der Waals surface area contributed by atoms with Crippen LogP contribution in [0.1, 0.15) is 25.7 Å². The maximum Gasteiger partial charge on any atom is 0.303 e. The number of carboxylic acids is 1. The molecule has 0 heterocycles. The van der Waals surface area contributed by atoms with E-state index in [0.29, 0.717) is 12.3 Å². The summed E-state index contributed by atoms with van der Waals surface area (Å²) in [7, 11) is 0. The Bertz CT molecular complexity index is 132. The maximum atomic E-state index is 10.1. The maximum absolute atomic E-state index is 10.1. The molecule has 58 valence electrons. The van der Waals surface area contributed by atoms with E-state index in [4.69, 9.17) is 10.8 Å². The zero-order valence-electron chi connectivity index (χ0n) is 5.92. The van der Waals surface area contributed by atoms with Crippen LogP contribution in [0, 0.1) is 5.92 Å². The van der Waals surface area contributed by atoms with Crippen LogP contribution in [0.3, 0.4) is 0 Å². The first kappa shape index (κ1) is 7.54. The second-order valence-corrected chi connectivity index (χ2v) is 2.93. The van der Waals surface area contributed by atoms with Crippen LogP contribution in [0.25, 0.3) is 0 Å². The number of hydrogen-bond acceptors (Lipinski definition) is 2. The molecule has 1 aliphatic rings. The molecule has 1 atom stereocenters. The summed E-state index contributed by atoms with van der Waals surface area (Å²) in [5, 5.41) is 8.31. The summed E-state index contributed by atoms with van der Waals surface area (Å²) in [6.07, 6.45) is 3.25. The molecule has 0 bridgehead atoms. The van der Waals surface area contributed by atoms with E-state index in [0.717, 1.165) is 0 Å². The lowest BCUT2D eigenvalue weighted by Crippen LogP contribution is -2.23. The lowest BCUT2D eigenvalue weighted by Gasteiger charge is -2.06. The van der Waals surface area contributed by atoms with E-state index in [2.05, 4.69) is 0 Å². The highest BCUT2D eigenvalue weighted by atomic mass is 16.4. The molecule has 1 aliphatic carbocycles. The van der Waals surface area contributed by atoms with Crippen LogP contribution in [-0.2, 0) is 4.79 Å². The Balaban J connectivity index is 2.05. The van der Waals surface area contributed by atoms with Crippen molar-refractivity contribution in [1.29, 1.82) is 0 Å². The van der Waals surface area contributed by atoms with E-state index < -0.39 is 5.97 Å². The van der Waals surface area contributed by atoms with Gasteiger partial charge in [0.1, 0.15) is 0 Å². The molecule has 0 unspecified atom stereocenters. The first-order valence-corrected chi connectivity index (χ1v) is 3.67. The van der Waals surface area contributed by atoms with Crippen LogP contribution in [-0.4, -0.2) is 17.1 Å². The average molecular weight is 143 g/mol. The van der Waals surface area contributed by atoms with Gasteiger partial charge in [-0.15, -0.1) is 0 Å². The van der Waals surface area contributed by atoms with Gasteiger partial charge in [0, 0.05) is 12.5 Å². The molecule has 3 heteroatoms. The van der Waals surface area contributed by atoms with Gasteiger partial charge in [0.05, 0.1) is 0 Å². The smallest absolute Gasteiger partial charge is 0.303 e. The molecule has 1 saturated carbocycles. The average Bonchev–Trinajstić information content (AvgIpc) is 2.63. The minimum atomic E-state index is -0.740. The van der Waals surface area contributed by atoms with Gasteiger partial charge >= 0.3 is 5.97 Å². The SMILES string of the molecule is N[C@@H](CCC(=O)O)C1CC1. The van der Waals surface area contributed by atoms with Crippen LogP contribution in [0.2, 0.25) is 0 Å². The van der Waals surface area contributed by atoms with Crippen molar-refractivity contribution in [2.24, 2.45) is 11.7 Å². The van der Waals surface area contributed by atoms with Crippen molar-refractivity contribution < 1.29 is 9.90 Å². The first-order valence-electron chi connectivity index (χ1n) is 3.67. The minimum Gasteiger partial charge on any atom is -0.481 e. The molecule has 1 fully saturated rings. The van der Waals surface area contributed by atoms with Crippen LogP contribution >= 0.6 is 0 Å². The summed E-state index contributed by atoms with van der Waals surface area (Å²) in [6, 6.07) is 0.135. The quantitative estimate of drug-likeness (QED) is 0.605. The lowest BCUT2D eigenvalue weighted by atomic mass is 10.1. The third kappa shape index (κ3) is 2.35. The van der Waals surface area contributed by atoms with E-state index >= 15 is 0 Å². The van der Waals surface area contributed by atoms with Gasteiger partial charge in [0.2, 0.25) is 0 Å². The minimum absolute atomic E-state index is 0.135. The molecule has 0 amide bonds. The molecule has 3 nitrogen and oxygen atoms in total. The zero-order chi connectivity index (χ0) is 7.56. The highest BCUT2D eigenvalue weighted by Crippen LogP contribution is 2.33. The summed E-state index contributed by atoms with van der Waals surface area (Å²) >= 11 is 0. The molecule has 0 aliphatic heterocycles. The normalized spacial score (nSPS) is 20.5. The molecule has 0 spiro atoms. The van der Waals surface area contributed by atoms with Crippen LogP contribution < -0.4 is 5.73 Å². The van der Waals surface area contributed by atoms with E-state index in [1.807, 2.05) is 0 Å². The fraction of sp³-hybridized carbons (Fsp3) is 0.857. The Kier molecular flexibility index (Phi) is 2.27. The Labute approximate surface area is 60.2 Å². The topological polar surface area (TPSA) is 63.3 Å². The van der Waals surface area contributed by atoms with Gasteiger partial charge in [-0.25, -0.2) is 0 Å². The second kappa shape index (κ2) is 3.01. The predicted octanol–water partition coefficient (Wildman–Crippen LogP) is 0.588. The molecule has 3 N–H and O–H groups in total. The molecule has 0 aromatic rings. The highest BCUT2D eigenvalue weighted by molar-refractivity contribution is 5.66. The first-order chi connectivity index (χ1) is 4.70. The third-order valence-electron chi connectivity index (χ3n) is 1.92. The van der Waals surface area contributed by atoms with Crippen LogP contribution in [0.4, 0.5) is 0 Å². The fourth-order valence-corrected chi connectivity index (χ4v) is 1.05. The van der Waals surface area contributed by atoms with Crippen molar-refractivity contribution in [1.82, 2.24) is 0 Å². The molecule has 1 rings (SSSR count). The number of aliphatic carboxylic acids is 1. The number of rotatable bonds is 4. The third-order valence-corrected chi connectivity index (χ3v) is 1.92. The van der Waals surface area contributed by atoms with Crippen LogP contribution in [0.15, 0.2) is 0 Å². The van der Waals surface area contributed by atoms with Crippen LogP contribution in [0.5, 0.6) is 0 Å². The van der Waals surface area contributed by atoms with Gasteiger partial charge in [-0.1, -0.05) is 0 Å². The summed E-state index contributed by atoms with van der Waals surface area (Å²) in [5.74, 6) is -0.115. The molecule has 0 saturated heterocycles. The van der Waals surface area contributed by atoms with Crippen molar-refractivity contribution in [2.75, 3.05) is 0 Å². The molecule has 0 radical (unpaired) electrons. The van der Waals surface area contributed by atoms with Gasteiger partial charge in [0.25, 0.3) is 0 Å².